The van der Waals surface area contributed by atoms with Crippen LogP contribution in [0, 0.1) is 6.92 Å². The molecule has 0 aliphatic rings. The number of aryl methyl sites for hydroxylation is 2. The second kappa shape index (κ2) is 9.12. The molecule has 3 aromatic rings. The summed E-state index contributed by atoms with van der Waals surface area (Å²) < 4.78 is 5.59. The highest BCUT2D eigenvalue weighted by Crippen LogP contribution is 2.23. The maximum atomic E-state index is 12.3. The fraction of sp³-hybridized carbons (Fsp3) is 0.333. The standard InChI is InChI=1S/C21H25N5O2/c1-4-26(5-2)16-9-10-17(15(3)14-16)23-19(27)11-12-20-24-25-21(28-20)18-8-6-7-13-22-18/h6-10,13-14H,4-5,11-12H2,1-3H3,(H,23,27). The van der Waals surface area contributed by atoms with E-state index in [1.165, 1.54) is 0 Å². The molecule has 28 heavy (non-hydrogen) atoms. The van der Waals surface area contributed by atoms with Gasteiger partial charge in [-0.2, -0.15) is 0 Å². The average Bonchev–Trinajstić information content (AvgIpc) is 3.19. The van der Waals surface area contributed by atoms with Gasteiger partial charge in [0.15, 0.2) is 0 Å². The number of carbonyl (C=O) groups excluding carboxylic acids is 1. The van der Waals surface area contributed by atoms with Crippen LogP contribution in [-0.2, 0) is 11.2 Å². The molecular formula is C21H25N5O2. The van der Waals surface area contributed by atoms with Crippen molar-refractivity contribution in [2.75, 3.05) is 23.3 Å². The van der Waals surface area contributed by atoms with Gasteiger partial charge in [-0.1, -0.05) is 6.07 Å². The lowest BCUT2D eigenvalue weighted by molar-refractivity contribution is -0.116. The number of benzene rings is 1. The van der Waals surface area contributed by atoms with Gasteiger partial charge in [0.25, 0.3) is 5.89 Å². The summed E-state index contributed by atoms with van der Waals surface area (Å²) in [6, 6.07) is 11.6. The van der Waals surface area contributed by atoms with Crippen LogP contribution in [-0.4, -0.2) is 34.2 Å². The van der Waals surface area contributed by atoms with Crippen LogP contribution in [0.2, 0.25) is 0 Å². The highest BCUT2D eigenvalue weighted by molar-refractivity contribution is 5.91. The number of pyridine rings is 1. The molecule has 0 fully saturated rings. The Morgan fingerprint density at radius 2 is 1.96 bits per heavy atom. The lowest BCUT2D eigenvalue weighted by Crippen LogP contribution is -2.22. The molecule has 2 aromatic heterocycles. The molecule has 0 spiro atoms. The summed E-state index contributed by atoms with van der Waals surface area (Å²) in [7, 11) is 0. The molecule has 0 radical (unpaired) electrons. The zero-order valence-electron chi connectivity index (χ0n) is 16.5. The normalized spacial score (nSPS) is 10.7. The molecule has 0 bridgehead atoms. The SMILES string of the molecule is CCN(CC)c1ccc(NC(=O)CCc2nnc(-c3ccccn3)o2)c(C)c1. The Balaban J connectivity index is 1.57. The van der Waals surface area contributed by atoms with Gasteiger partial charge < -0.3 is 14.6 Å². The van der Waals surface area contributed by atoms with Gasteiger partial charge in [-0.15, -0.1) is 10.2 Å². The lowest BCUT2D eigenvalue weighted by Gasteiger charge is -2.22. The number of hydrogen-bond acceptors (Lipinski definition) is 6. The van der Waals surface area contributed by atoms with E-state index < -0.39 is 0 Å². The monoisotopic (exact) mass is 379 g/mol. The fourth-order valence-electron chi connectivity index (χ4n) is 2.95. The van der Waals surface area contributed by atoms with E-state index in [9.17, 15) is 4.79 Å². The molecule has 0 aliphatic heterocycles. The third-order valence-corrected chi connectivity index (χ3v) is 4.53. The summed E-state index contributed by atoms with van der Waals surface area (Å²) in [5.74, 6) is 0.694. The Hall–Kier alpha value is -3.22. The predicted molar refractivity (Wildman–Crippen MR) is 109 cm³/mol. The highest BCUT2D eigenvalue weighted by Gasteiger charge is 2.12. The summed E-state index contributed by atoms with van der Waals surface area (Å²) in [5.41, 5.74) is 3.64. The van der Waals surface area contributed by atoms with E-state index in [1.54, 1.807) is 12.3 Å². The van der Waals surface area contributed by atoms with Gasteiger partial charge in [-0.3, -0.25) is 9.78 Å². The Kier molecular flexibility index (Phi) is 6.37. The third-order valence-electron chi connectivity index (χ3n) is 4.53. The largest absolute Gasteiger partial charge is 0.419 e. The minimum Gasteiger partial charge on any atom is -0.419 e. The van der Waals surface area contributed by atoms with Gasteiger partial charge in [0.1, 0.15) is 5.69 Å². The van der Waals surface area contributed by atoms with Crippen LogP contribution in [0.3, 0.4) is 0 Å². The van der Waals surface area contributed by atoms with Crippen molar-refractivity contribution < 1.29 is 9.21 Å². The molecule has 7 nitrogen and oxygen atoms in total. The first-order valence-electron chi connectivity index (χ1n) is 9.50. The third kappa shape index (κ3) is 4.73. The molecule has 146 valence electrons. The molecule has 1 amide bonds. The second-order valence-corrected chi connectivity index (χ2v) is 6.44. The van der Waals surface area contributed by atoms with Crippen molar-refractivity contribution in [3.63, 3.8) is 0 Å². The maximum absolute atomic E-state index is 12.3. The number of amides is 1. The van der Waals surface area contributed by atoms with Crippen LogP contribution in [0.15, 0.2) is 47.0 Å². The first-order chi connectivity index (χ1) is 13.6. The van der Waals surface area contributed by atoms with Crippen molar-refractivity contribution >= 4 is 17.3 Å². The number of rotatable bonds is 8. The van der Waals surface area contributed by atoms with Crippen molar-refractivity contribution in [2.45, 2.75) is 33.6 Å². The minimum absolute atomic E-state index is 0.0868. The quantitative estimate of drug-likeness (QED) is 0.640. The van der Waals surface area contributed by atoms with Gasteiger partial charge in [0, 0.05) is 43.5 Å². The van der Waals surface area contributed by atoms with Crippen LogP contribution >= 0.6 is 0 Å². The molecule has 3 rings (SSSR count). The second-order valence-electron chi connectivity index (χ2n) is 6.44. The van der Waals surface area contributed by atoms with Gasteiger partial charge in [-0.25, -0.2) is 0 Å². The van der Waals surface area contributed by atoms with Crippen molar-refractivity contribution in [2.24, 2.45) is 0 Å². The zero-order valence-corrected chi connectivity index (χ0v) is 16.5. The number of hydrogen-bond donors (Lipinski definition) is 1. The zero-order chi connectivity index (χ0) is 19.9. The molecular weight excluding hydrogens is 354 g/mol. The van der Waals surface area contributed by atoms with E-state index in [-0.39, 0.29) is 12.3 Å². The van der Waals surface area contributed by atoms with E-state index in [4.69, 9.17) is 4.42 Å². The van der Waals surface area contributed by atoms with Crippen LogP contribution in [0.25, 0.3) is 11.6 Å². The van der Waals surface area contributed by atoms with Crippen LogP contribution in [0.5, 0.6) is 0 Å². The molecule has 7 heteroatoms. The highest BCUT2D eigenvalue weighted by atomic mass is 16.4. The number of nitrogens with one attached hydrogen (secondary N) is 1. The van der Waals surface area contributed by atoms with Gasteiger partial charge in [0.05, 0.1) is 0 Å². The van der Waals surface area contributed by atoms with Gasteiger partial charge in [-0.05, 0) is 56.7 Å². The summed E-state index contributed by atoms with van der Waals surface area (Å²) in [6.07, 6.45) is 2.31. The number of aromatic nitrogens is 3. The maximum Gasteiger partial charge on any atom is 0.266 e. The lowest BCUT2D eigenvalue weighted by atomic mass is 10.1. The Morgan fingerprint density at radius 3 is 2.64 bits per heavy atom. The molecule has 2 heterocycles. The molecule has 0 saturated heterocycles. The number of anilines is 2. The first-order valence-corrected chi connectivity index (χ1v) is 9.50. The van der Waals surface area contributed by atoms with E-state index >= 15 is 0 Å². The molecule has 1 aromatic carbocycles. The van der Waals surface area contributed by atoms with Crippen molar-refractivity contribution in [1.29, 1.82) is 0 Å². The minimum atomic E-state index is -0.0868. The molecule has 0 atom stereocenters. The van der Waals surface area contributed by atoms with Crippen molar-refractivity contribution in [3.8, 4) is 11.6 Å². The fourth-order valence-corrected chi connectivity index (χ4v) is 2.95. The summed E-state index contributed by atoms with van der Waals surface area (Å²) in [6.45, 7) is 8.16. The predicted octanol–water partition coefficient (Wildman–Crippen LogP) is 3.86. The summed E-state index contributed by atoms with van der Waals surface area (Å²) in [4.78, 5) is 18.8. The number of nitrogens with zero attached hydrogens (tertiary/aromatic N) is 4. The molecule has 0 saturated carbocycles. The molecule has 0 aliphatic carbocycles. The smallest absolute Gasteiger partial charge is 0.266 e. The Bertz CT molecular complexity index is 920. The van der Waals surface area contributed by atoms with Crippen LogP contribution in [0.1, 0.15) is 31.7 Å². The van der Waals surface area contributed by atoms with E-state index in [0.29, 0.717) is 23.9 Å². The molecule has 1 N–H and O–H groups in total. The van der Waals surface area contributed by atoms with Crippen molar-refractivity contribution in [3.05, 3.63) is 54.0 Å². The van der Waals surface area contributed by atoms with E-state index in [1.807, 2.05) is 31.2 Å². The Morgan fingerprint density at radius 1 is 1.14 bits per heavy atom. The van der Waals surface area contributed by atoms with E-state index in [2.05, 4.69) is 45.3 Å². The topological polar surface area (TPSA) is 84.2 Å². The molecule has 0 unspecified atom stereocenters. The van der Waals surface area contributed by atoms with Crippen molar-refractivity contribution in [1.82, 2.24) is 15.2 Å². The van der Waals surface area contributed by atoms with E-state index in [0.717, 1.165) is 30.0 Å². The van der Waals surface area contributed by atoms with Crippen LogP contribution < -0.4 is 10.2 Å². The van der Waals surface area contributed by atoms with Crippen LogP contribution in [0.4, 0.5) is 11.4 Å². The number of carbonyl (C=O) groups is 1. The van der Waals surface area contributed by atoms with Gasteiger partial charge >= 0.3 is 0 Å². The summed E-state index contributed by atoms with van der Waals surface area (Å²) >= 11 is 0. The summed E-state index contributed by atoms with van der Waals surface area (Å²) in [5, 5.41) is 10.9. The first kappa shape index (κ1) is 19.5. The van der Waals surface area contributed by atoms with Gasteiger partial charge in [0.2, 0.25) is 11.8 Å². The average molecular weight is 379 g/mol. The Labute approximate surface area is 164 Å².